The molecular weight excluding hydrogens is 303 g/mol. The Bertz CT molecular complexity index is 688. The van der Waals surface area contributed by atoms with Crippen molar-refractivity contribution >= 4 is 23.6 Å². The van der Waals surface area contributed by atoms with Gasteiger partial charge in [-0.2, -0.15) is 0 Å². The molecule has 2 aromatic rings. The molecular formula is C17H18ClFN2O. The average Bonchev–Trinajstić information content (AvgIpc) is 2.49. The molecule has 0 N–H and O–H groups in total. The molecule has 0 fully saturated rings. The third kappa shape index (κ3) is 4.21. The van der Waals surface area contributed by atoms with Crippen molar-refractivity contribution in [2.24, 2.45) is 4.99 Å². The molecule has 0 radical (unpaired) electrons. The van der Waals surface area contributed by atoms with E-state index < -0.39 is 0 Å². The molecule has 22 heavy (non-hydrogen) atoms. The third-order valence-electron chi connectivity index (χ3n) is 3.16. The van der Waals surface area contributed by atoms with E-state index in [-0.39, 0.29) is 5.82 Å². The van der Waals surface area contributed by atoms with Crippen LogP contribution in [0.3, 0.4) is 0 Å². The quantitative estimate of drug-likeness (QED) is 0.559. The van der Waals surface area contributed by atoms with Gasteiger partial charge in [0, 0.05) is 25.7 Å². The van der Waals surface area contributed by atoms with Gasteiger partial charge in [0.15, 0.2) is 0 Å². The maximum atomic E-state index is 13.2. The number of ether oxygens (including phenoxy) is 1. The van der Waals surface area contributed by atoms with E-state index in [1.54, 1.807) is 24.5 Å². The number of benzene rings is 2. The Hall–Kier alpha value is -2.07. The van der Waals surface area contributed by atoms with Gasteiger partial charge in [-0.3, -0.25) is 0 Å². The van der Waals surface area contributed by atoms with Crippen LogP contribution in [-0.4, -0.2) is 24.8 Å². The molecule has 5 heteroatoms. The summed E-state index contributed by atoms with van der Waals surface area (Å²) < 4.78 is 18.9. The Morgan fingerprint density at radius 1 is 1.32 bits per heavy atom. The summed E-state index contributed by atoms with van der Waals surface area (Å²) in [6.45, 7) is 4.79. The molecule has 0 saturated carbocycles. The van der Waals surface area contributed by atoms with Crippen molar-refractivity contribution in [3.8, 4) is 11.5 Å². The number of aliphatic imine (C=N–C) groups is 1. The molecule has 116 valence electrons. The van der Waals surface area contributed by atoms with Gasteiger partial charge in [0.2, 0.25) is 0 Å². The first kappa shape index (κ1) is 16.3. The predicted molar refractivity (Wildman–Crippen MR) is 89.1 cm³/mol. The molecule has 0 spiro atoms. The van der Waals surface area contributed by atoms with E-state index in [4.69, 9.17) is 16.3 Å². The first-order chi connectivity index (χ1) is 10.5. The van der Waals surface area contributed by atoms with E-state index in [1.165, 1.54) is 12.1 Å². The highest BCUT2D eigenvalue weighted by atomic mass is 35.5. The summed E-state index contributed by atoms with van der Waals surface area (Å²) in [7, 11) is 1.94. The Balaban J connectivity index is 2.24. The number of hydrogen-bond acceptors (Lipinski definition) is 2. The Morgan fingerprint density at radius 2 is 2.09 bits per heavy atom. The Labute approximate surface area is 135 Å². The minimum atomic E-state index is -0.343. The molecule has 0 aromatic heterocycles. The molecule has 0 amide bonds. The molecule has 0 atom stereocenters. The smallest absolute Gasteiger partial charge is 0.131 e. The third-order valence-corrected chi connectivity index (χ3v) is 3.46. The highest BCUT2D eigenvalue weighted by molar-refractivity contribution is 6.33. The molecule has 0 aliphatic heterocycles. The molecule has 3 nitrogen and oxygen atoms in total. The number of halogens is 2. The van der Waals surface area contributed by atoms with Crippen molar-refractivity contribution in [2.45, 2.75) is 13.8 Å². The molecule has 2 rings (SSSR count). The fourth-order valence-electron chi connectivity index (χ4n) is 1.76. The molecule has 2 aromatic carbocycles. The SMILES string of the molecule is CCN(C)C=Nc1cc(C)c(Oc2cccc(F)c2)cc1Cl. The molecule has 0 bridgehead atoms. The minimum absolute atomic E-state index is 0.343. The van der Waals surface area contributed by atoms with E-state index in [9.17, 15) is 4.39 Å². The Kier molecular flexibility index (Phi) is 5.39. The lowest BCUT2D eigenvalue weighted by molar-refractivity contribution is 0.473. The summed E-state index contributed by atoms with van der Waals surface area (Å²) in [5.74, 6) is 0.671. The summed E-state index contributed by atoms with van der Waals surface area (Å²) in [6, 6.07) is 9.53. The second-order valence-electron chi connectivity index (χ2n) is 4.95. The zero-order valence-corrected chi connectivity index (χ0v) is 13.6. The van der Waals surface area contributed by atoms with Crippen molar-refractivity contribution in [1.29, 1.82) is 0 Å². The summed E-state index contributed by atoms with van der Waals surface area (Å²) in [6.07, 6.45) is 1.73. The number of rotatable bonds is 5. The second-order valence-corrected chi connectivity index (χ2v) is 5.35. The molecule has 0 heterocycles. The van der Waals surface area contributed by atoms with E-state index in [1.807, 2.05) is 31.9 Å². The van der Waals surface area contributed by atoms with Gasteiger partial charge >= 0.3 is 0 Å². The van der Waals surface area contributed by atoms with Gasteiger partial charge in [0.05, 0.1) is 17.0 Å². The van der Waals surface area contributed by atoms with Crippen LogP contribution in [0.2, 0.25) is 5.02 Å². The molecule has 0 aliphatic carbocycles. The van der Waals surface area contributed by atoms with Crippen molar-refractivity contribution in [2.75, 3.05) is 13.6 Å². The van der Waals surface area contributed by atoms with Crippen molar-refractivity contribution in [3.05, 3.63) is 52.8 Å². The van der Waals surface area contributed by atoms with Crippen LogP contribution in [0.4, 0.5) is 10.1 Å². The van der Waals surface area contributed by atoms with Crippen LogP contribution < -0.4 is 4.74 Å². The number of aryl methyl sites for hydroxylation is 1. The highest BCUT2D eigenvalue weighted by Crippen LogP contribution is 2.34. The minimum Gasteiger partial charge on any atom is -0.457 e. The lowest BCUT2D eigenvalue weighted by Crippen LogP contribution is -2.14. The number of hydrogen-bond donors (Lipinski definition) is 0. The largest absolute Gasteiger partial charge is 0.457 e. The first-order valence-corrected chi connectivity index (χ1v) is 7.35. The fraction of sp³-hybridized carbons (Fsp3) is 0.235. The summed E-state index contributed by atoms with van der Waals surface area (Å²) in [4.78, 5) is 6.30. The van der Waals surface area contributed by atoms with Crippen LogP contribution >= 0.6 is 11.6 Å². The van der Waals surface area contributed by atoms with Crippen molar-refractivity contribution < 1.29 is 9.13 Å². The first-order valence-electron chi connectivity index (χ1n) is 6.97. The lowest BCUT2D eigenvalue weighted by Gasteiger charge is -2.12. The monoisotopic (exact) mass is 320 g/mol. The van der Waals surface area contributed by atoms with E-state index in [0.29, 0.717) is 22.2 Å². The zero-order valence-electron chi connectivity index (χ0n) is 12.8. The maximum absolute atomic E-state index is 13.2. The normalized spacial score (nSPS) is 11.0. The second kappa shape index (κ2) is 7.27. The average molecular weight is 321 g/mol. The van der Waals surface area contributed by atoms with E-state index >= 15 is 0 Å². The van der Waals surface area contributed by atoms with Gasteiger partial charge < -0.3 is 9.64 Å². The lowest BCUT2D eigenvalue weighted by atomic mass is 10.2. The van der Waals surface area contributed by atoms with Gasteiger partial charge in [-0.25, -0.2) is 9.38 Å². The molecule has 0 unspecified atom stereocenters. The van der Waals surface area contributed by atoms with E-state index in [0.717, 1.165) is 12.1 Å². The van der Waals surface area contributed by atoms with Gasteiger partial charge in [0.25, 0.3) is 0 Å². The summed E-state index contributed by atoms with van der Waals surface area (Å²) in [5, 5.41) is 0.484. The van der Waals surface area contributed by atoms with Gasteiger partial charge in [0.1, 0.15) is 17.3 Å². The van der Waals surface area contributed by atoms with Crippen LogP contribution in [0.5, 0.6) is 11.5 Å². The highest BCUT2D eigenvalue weighted by Gasteiger charge is 2.08. The zero-order chi connectivity index (χ0) is 16.1. The predicted octanol–water partition coefficient (Wildman–Crippen LogP) is 5.19. The standard InChI is InChI=1S/C17H18ClFN2O/c1-4-21(3)11-20-16-8-12(2)17(10-15(16)18)22-14-7-5-6-13(19)9-14/h5-11H,4H2,1-3H3. The van der Waals surface area contributed by atoms with Crippen molar-refractivity contribution in [1.82, 2.24) is 4.90 Å². The van der Waals surface area contributed by atoms with Crippen LogP contribution in [0, 0.1) is 12.7 Å². The maximum Gasteiger partial charge on any atom is 0.131 e. The number of nitrogens with zero attached hydrogens (tertiary/aromatic N) is 2. The van der Waals surface area contributed by atoms with E-state index in [2.05, 4.69) is 4.99 Å². The fourth-order valence-corrected chi connectivity index (χ4v) is 1.96. The van der Waals surface area contributed by atoms with Crippen LogP contribution in [0.25, 0.3) is 0 Å². The van der Waals surface area contributed by atoms with Gasteiger partial charge in [-0.1, -0.05) is 17.7 Å². The summed E-state index contributed by atoms with van der Waals surface area (Å²) >= 11 is 6.24. The topological polar surface area (TPSA) is 24.8 Å². The molecule has 0 saturated heterocycles. The summed E-state index contributed by atoms with van der Waals surface area (Å²) in [5.41, 5.74) is 1.55. The molecule has 0 aliphatic rings. The van der Waals surface area contributed by atoms with Crippen LogP contribution in [0.1, 0.15) is 12.5 Å². The van der Waals surface area contributed by atoms with Gasteiger partial charge in [-0.05, 0) is 37.6 Å². The van der Waals surface area contributed by atoms with Crippen LogP contribution in [-0.2, 0) is 0 Å². The van der Waals surface area contributed by atoms with Crippen LogP contribution in [0.15, 0.2) is 41.4 Å². The van der Waals surface area contributed by atoms with Gasteiger partial charge in [-0.15, -0.1) is 0 Å². The Morgan fingerprint density at radius 3 is 2.77 bits per heavy atom. The van der Waals surface area contributed by atoms with Crippen molar-refractivity contribution in [3.63, 3.8) is 0 Å².